The number of hydrogen-bond acceptors (Lipinski definition) is 1. The maximum Gasteiger partial charge on any atom is 0.383 e. The van der Waals surface area contributed by atoms with Crippen LogP contribution < -0.4 is 0 Å². The minimum Gasteiger partial charge on any atom is -0.309 e. The average molecular weight is 415 g/mol. The molecule has 0 N–H and O–H groups in total. The van der Waals surface area contributed by atoms with Crippen LogP contribution in [0.2, 0.25) is 0 Å². The Kier molecular flexibility index (Phi) is 8.05. The van der Waals surface area contributed by atoms with Crippen LogP contribution in [-0.2, 0) is 17.3 Å². The van der Waals surface area contributed by atoms with E-state index in [-0.39, 0.29) is 5.56 Å². The summed E-state index contributed by atoms with van der Waals surface area (Å²) in [5, 5.41) is 0. The second-order valence-corrected chi connectivity index (χ2v) is 8.90. The van der Waals surface area contributed by atoms with Gasteiger partial charge in [-0.1, -0.05) is 81.6 Å². The molecule has 0 radical (unpaired) electrons. The van der Waals surface area contributed by atoms with E-state index in [9.17, 15) is 8.78 Å². The maximum atomic E-state index is 14.8. The fourth-order valence-electron chi connectivity index (χ4n) is 4.74. The highest BCUT2D eigenvalue weighted by molar-refractivity contribution is 5.28. The number of aryl methyl sites for hydroxylation is 1. The second-order valence-electron chi connectivity index (χ2n) is 8.90. The van der Waals surface area contributed by atoms with Crippen LogP contribution in [0.15, 0.2) is 48.5 Å². The quantitative estimate of drug-likeness (QED) is 0.399. The molecule has 2 aromatic rings. The molecular weight excluding hydrogens is 378 g/mol. The van der Waals surface area contributed by atoms with Gasteiger partial charge >= 0.3 is 6.11 Å². The zero-order chi connectivity index (χ0) is 21.6. The van der Waals surface area contributed by atoms with Gasteiger partial charge < -0.3 is 4.74 Å². The van der Waals surface area contributed by atoms with Crippen molar-refractivity contribution in [2.24, 2.45) is 5.92 Å². The van der Waals surface area contributed by atoms with E-state index >= 15 is 0 Å². The number of alkyl halides is 2. The lowest BCUT2D eigenvalue weighted by Gasteiger charge is -2.29. The molecule has 0 aromatic heterocycles. The molecule has 1 saturated carbocycles. The summed E-state index contributed by atoms with van der Waals surface area (Å²) in [6, 6.07) is 14.6. The molecule has 0 spiro atoms. The van der Waals surface area contributed by atoms with Crippen LogP contribution in [0, 0.1) is 5.92 Å². The lowest BCUT2D eigenvalue weighted by Crippen LogP contribution is -2.20. The smallest absolute Gasteiger partial charge is 0.309 e. The lowest BCUT2D eigenvalue weighted by atomic mass is 9.77. The summed E-state index contributed by atoms with van der Waals surface area (Å²) < 4.78 is 34.8. The van der Waals surface area contributed by atoms with Gasteiger partial charge in [0.1, 0.15) is 0 Å². The van der Waals surface area contributed by atoms with Gasteiger partial charge in [0, 0.05) is 0 Å². The molecule has 164 valence electrons. The van der Waals surface area contributed by atoms with Crippen molar-refractivity contribution >= 4 is 0 Å². The fourth-order valence-corrected chi connectivity index (χ4v) is 4.74. The zero-order valence-corrected chi connectivity index (χ0v) is 18.7. The molecule has 0 bridgehead atoms. The summed E-state index contributed by atoms with van der Waals surface area (Å²) in [4.78, 5) is 0. The van der Waals surface area contributed by atoms with Gasteiger partial charge in [0.2, 0.25) is 0 Å². The van der Waals surface area contributed by atoms with E-state index in [1.54, 1.807) is 19.1 Å². The van der Waals surface area contributed by atoms with Crippen LogP contribution in [0.1, 0.15) is 100.0 Å². The first kappa shape index (κ1) is 22.9. The van der Waals surface area contributed by atoms with Crippen molar-refractivity contribution in [1.82, 2.24) is 0 Å². The average Bonchev–Trinajstić information content (AvgIpc) is 2.75. The third-order valence-electron chi connectivity index (χ3n) is 6.57. The summed E-state index contributed by atoms with van der Waals surface area (Å²) in [6.45, 7) is 6.06. The van der Waals surface area contributed by atoms with Crippen molar-refractivity contribution in [1.29, 1.82) is 0 Å². The van der Waals surface area contributed by atoms with Crippen LogP contribution in [0.5, 0.6) is 0 Å². The Morgan fingerprint density at radius 1 is 0.900 bits per heavy atom. The van der Waals surface area contributed by atoms with Gasteiger partial charge in [-0.15, -0.1) is 0 Å². The molecule has 2 aromatic carbocycles. The monoisotopic (exact) mass is 414 g/mol. The van der Waals surface area contributed by atoms with Gasteiger partial charge in [-0.3, -0.25) is 0 Å². The molecule has 3 rings (SSSR count). The number of halogens is 2. The van der Waals surface area contributed by atoms with Crippen molar-refractivity contribution in [3.8, 4) is 0 Å². The van der Waals surface area contributed by atoms with Crippen molar-refractivity contribution in [2.45, 2.75) is 90.3 Å². The Bertz CT molecular complexity index is 758. The van der Waals surface area contributed by atoms with Crippen LogP contribution in [0.25, 0.3) is 0 Å². The fraction of sp³-hybridized carbons (Fsp3) is 0.556. The Morgan fingerprint density at radius 2 is 1.53 bits per heavy atom. The third-order valence-corrected chi connectivity index (χ3v) is 6.57. The van der Waals surface area contributed by atoms with E-state index in [1.165, 1.54) is 49.7 Å². The van der Waals surface area contributed by atoms with E-state index in [2.05, 4.69) is 13.8 Å². The van der Waals surface area contributed by atoms with Crippen molar-refractivity contribution in [3.63, 3.8) is 0 Å². The molecule has 1 aliphatic carbocycles. The van der Waals surface area contributed by atoms with Crippen molar-refractivity contribution in [3.05, 3.63) is 70.8 Å². The topological polar surface area (TPSA) is 9.23 Å². The van der Waals surface area contributed by atoms with Crippen molar-refractivity contribution < 1.29 is 13.5 Å². The van der Waals surface area contributed by atoms with Crippen LogP contribution >= 0.6 is 0 Å². The maximum absolute atomic E-state index is 14.8. The van der Waals surface area contributed by atoms with Gasteiger partial charge in [-0.05, 0) is 67.6 Å². The normalized spacial score (nSPS) is 20.8. The first-order valence-corrected chi connectivity index (χ1v) is 11.7. The van der Waals surface area contributed by atoms with Gasteiger partial charge in [-0.25, -0.2) is 0 Å². The molecule has 0 saturated heterocycles. The third kappa shape index (κ3) is 5.91. The molecule has 1 nitrogen and oxygen atoms in total. The highest BCUT2D eigenvalue weighted by Crippen LogP contribution is 2.39. The van der Waals surface area contributed by atoms with Gasteiger partial charge in [0.05, 0.1) is 11.7 Å². The minimum absolute atomic E-state index is 0.0691. The number of hydrogen-bond donors (Lipinski definition) is 0. The first-order valence-electron chi connectivity index (χ1n) is 11.7. The predicted octanol–water partition coefficient (Wildman–Crippen LogP) is 8.54. The Balaban J connectivity index is 1.60. The van der Waals surface area contributed by atoms with E-state index in [0.29, 0.717) is 5.92 Å². The molecule has 1 unspecified atom stereocenters. The van der Waals surface area contributed by atoms with E-state index in [1.807, 2.05) is 36.4 Å². The Hall–Kier alpha value is -1.74. The largest absolute Gasteiger partial charge is 0.383 e. The molecule has 1 fully saturated rings. The number of rotatable bonds is 9. The molecule has 1 aliphatic rings. The molecular formula is C27H36F2O. The molecule has 0 aliphatic heterocycles. The van der Waals surface area contributed by atoms with Crippen LogP contribution in [0.4, 0.5) is 8.78 Å². The second kappa shape index (κ2) is 10.5. The number of ether oxygens (including phenoxy) is 1. The Morgan fingerprint density at radius 3 is 2.10 bits per heavy atom. The van der Waals surface area contributed by atoms with E-state index in [4.69, 9.17) is 4.74 Å². The zero-order valence-electron chi connectivity index (χ0n) is 18.7. The molecule has 30 heavy (non-hydrogen) atoms. The summed E-state index contributed by atoms with van der Waals surface area (Å²) in [7, 11) is 0. The van der Waals surface area contributed by atoms with E-state index < -0.39 is 12.2 Å². The van der Waals surface area contributed by atoms with Crippen molar-refractivity contribution in [2.75, 3.05) is 0 Å². The summed E-state index contributed by atoms with van der Waals surface area (Å²) >= 11 is 0. The number of benzene rings is 2. The first-order chi connectivity index (χ1) is 14.4. The summed E-state index contributed by atoms with van der Waals surface area (Å²) in [5.41, 5.74) is 3.11. The summed E-state index contributed by atoms with van der Waals surface area (Å²) in [6.07, 6.45) is 5.50. The lowest BCUT2D eigenvalue weighted by molar-refractivity contribution is -0.272. The predicted molar refractivity (Wildman–Crippen MR) is 120 cm³/mol. The Labute approximate surface area is 180 Å². The van der Waals surface area contributed by atoms with Gasteiger partial charge in [0.25, 0.3) is 0 Å². The molecule has 1 atom stereocenters. The highest BCUT2D eigenvalue weighted by Gasteiger charge is 2.35. The molecule has 0 heterocycles. The van der Waals surface area contributed by atoms with E-state index in [0.717, 1.165) is 24.3 Å². The van der Waals surface area contributed by atoms with Crippen LogP contribution in [-0.4, -0.2) is 0 Å². The van der Waals surface area contributed by atoms with Gasteiger partial charge in [-0.2, -0.15) is 8.78 Å². The molecule has 0 amide bonds. The standard InChI is InChI=1S/C27H36F2O/c1-4-6-21-8-12-23(13-9-21)20(3)30-27(28,29)26-18-16-25(17-19-26)24-14-10-22(7-5-2)11-15-24/h8-9,12-13,16-20,22,24H,4-7,10-11,14-15H2,1-3H3. The van der Waals surface area contributed by atoms with Gasteiger partial charge in [0.15, 0.2) is 0 Å². The highest BCUT2D eigenvalue weighted by atomic mass is 19.3. The SMILES string of the molecule is CCCc1ccc(C(C)OC(F)(F)c2ccc(C3CCC(CCC)CC3)cc2)cc1. The molecule has 3 heteroatoms. The minimum atomic E-state index is -3.31. The van der Waals surface area contributed by atoms with Crippen LogP contribution in [0.3, 0.4) is 0 Å². The summed E-state index contributed by atoms with van der Waals surface area (Å²) in [5.74, 6) is 1.35.